The summed E-state index contributed by atoms with van der Waals surface area (Å²) in [5.41, 5.74) is 0. The molecule has 0 radical (unpaired) electrons. The predicted molar refractivity (Wildman–Crippen MR) is 56.8 cm³/mol. The Morgan fingerprint density at radius 2 is 0.444 bits per heavy atom. The van der Waals surface area contributed by atoms with Crippen molar-refractivity contribution in [3.8, 4) is 0 Å². The average molecular weight is 188 g/mol. The highest BCUT2D eigenvalue weighted by atomic mass is 35.5. The molecule has 0 fully saturated rings. The van der Waals surface area contributed by atoms with Crippen molar-refractivity contribution >= 4 is 24.8 Å². The van der Waals surface area contributed by atoms with Gasteiger partial charge < -0.3 is 11.6 Å². The Bertz CT molecular complexity index is 14.9. The molecule has 5 N–H and O–H groups in total. The van der Waals surface area contributed by atoms with Crippen LogP contribution < -0.4 is 6.15 Å². The van der Waals surface area contributed by atoms with Crippen LogP contribution in [0.2, 0.25) is 0 Å². The smallest absolute Gasteiger partial charge is 0.0776 e. The molecule has 2 nitrogen and oxygen atoms in total. The summed E-state index contributed by atoms with van der Waals surface area (Å²) in [5, 5.41) is 0. The maximum absolute atomic E-state index is 0. The van der Waals surface area contributed by atoms with Gasteiger partial charge in [-0.05, 0) is 0 Å². The number of hydrogen-bond donors (Lipinski definition) is 1. The van der Waals surface area contributed by atoms with E-state index in [2.05, 4.69) is 0 Å². The fourth-order valence-electron chi connectivity index (χ4n) is 0. The maximum atomic E-state index is 0. The van der Waals surface area contributed by atoms with Gasteiger partial charge in [0, 0.05) is 0 Å². The Morgan fingerprint density at radius 3 is 0.444 bits per heavy atom. The Labute approximate surface area is 74.1 Å². The summed E-state index contributed by atoms with van der Waals surface area (Å²) in [4.78, 5) is 0. The van der Waals surface area contributed by atoms with Gasteiger partial charge in [0.25, 0.3) is 0 Å². The van der Waals surface area contributed by atoms with Crippen molar-refractivity contribution in [2.24, 2.45) is 0 Å². The summed E-state index contributed by atoms with van der Waals surface area (Å²) >= 11 is 0. The van der Waals surface area contributed by atoms with Gasteiger partial charge in [-0.2, -0.15) is 0 Å². The third-order valence-electron chi connectivity index (χ3n) is 0. The van der Waals surface area contributed by atoms with Crippen LogP contribution >= 0.6 is 24.8 Å². The van der Waals surface area contributed by atoms with Crippen molar-refractivity contribution in [3.05, 3.63) is 0 Å². The van der Waals surface area contributed by atoms with Crippen LogP contribution in [0.25, 0.3) is 0 Å². The molecule has 0 aromatic carbocycles. The normalized spacial score (nSPS) is 0. The molecule has 0 aromatic rings. The van der Waals surface area contributed by atoms with Crippen molar-refractivity contribution < 1.29 is 5.48 Å². The van der Waals surface area contributed by atoms with E-state index in [1.807, 2.05) is 0 Å². The third-order valence-corrected chi connectivity index (χ3v) is 0. The van der Waals surface area contributed by atoms with Crippen molar-refractivity contribution in [3.63, 3.8) is 0 Å². The van der Waals surface area contributed by atoms with Gasteiger partial charge in [0.05, 0.1) is 0 Å². The molecule has 0 aliphatic carbocycles. The van der Waals surface area contributed by atoms with Crippen molar-refractivity contribution in [1.82, 2.24) is 6.15 Å². The maximum Gasteiger partial charge on any atom is -0.0776 e. The van der Waals surface area contributed by atoms with E-state index >= 15 is 0 Å². The van der Waals surface area contributed by atoms with E-state index in [9.17, 15) is 0 Å². The zero-order valence-corrected chi connectivity index (χ0v) is 3.66. The predicted octanol–water partition coefficient (Wildman–Crippen LogP) is 3.36. The van der Waals surface area contributed by atoms with Crippen LogP contribution in [0.1, 0.15) is 37.1 Å². The third kappa shape index (κ3) is 1440. The second-order valence-corrected chi connectivity index (χ2v) is 0. The lowest BCUT2D eigenvalue weighted by Crippen LogP contribution is -0.481. The molecule has 0 aromatic heterocycles. The quantitative estimate of drug-likeness (QED) is 0.622. The minimum atomic E-state index is 0. The summed E-state index contributed by atoms with van der Waals surface area (Å²) in [6, 6.07) is 0. The number of rotatable bonds is 0. The summed E-state index contributed by atoms with van der Waals surface area (Å²) in [7, 11) is 0. The highest BCUT2D eigenvalue weighted by Crippen LogP contribution is 0.691. The summed E-state index contributed by atoms with van der Waals surface area (Å²) in [5.74, 6) is 0. The number of hydrogen-bond acceptors (Lipinski definition) is 1. The Balaban J connectivity index is 0. The standard InChI is InChI=1S/5CH4.2ClH.H3N.H2O/h5*1H4;2*1H;1H3;1H2. The van der Waals surface area contributed by atoms with Gasteiger partial charge in [0.15, 0.2) is 0 Å². The molecule has 0 atom stereocenters. The second-order valence-electron chi connectivity index (χ2n) is 0. The molecular weight excluding hydrogens is 161 g/mol. The lowest BCUT2D eigenvalue weighted by atomic mass is 12.0. The van der Waals surface area contributed by atoms with Gasteiger partial charge in [-0.25, -0.2) is 0 Å². The van der Waals surface area contributed by atoms with Gasteiger partial charge in [0.2, 0.25) is 0 Å². The summed E-state index contributed by atoms with van der Waals surface area (Å²) in [6.45, 7) is 0. The molecule has 0 saturated heterocycles. The summed E-state index contributed by atoms with van der Waals surface area (Å²) in [6.07, 6.45) is 0. The van der Waals surface area contributed by atoms with Gasteiger partial charge in [-0.1, -0.05) is 37.1 Å². The van der Waals surface area contributed by atoms with Crippen LogP contribution in [0.5, 0.6) is 0 Å². The van der Waals surface area contributed by atoms with Crippen LogP contribution in [0.3, 0.4) is 0 Å². The first-order valence-corrected chi connectivity index (χ1v) is 0. The first kappa shape index (κ1) is 2750. The van der Waals surface area contributed by atoms with Crippen LogP contribution in [0.4, 0.5) is 0 Å². The molecule has 0 spiro atoms. The van der Waals surface area contributed by atoms with Gasteiger partial charge in [0.1, 0.15) is 0 Å². The minimum Gasteiger partial charge on any atom is -0.412 e. The Kier molecular flexibility index (Phi) is 583000. The SMILES string of the molecule is C.C.C.C.C.Cl.Cl.N.O. The van der Waals surface area contributed by atoms with E-state index in [1.165, 1.54) is 0 Å². The zero-order valence-electron chi connectivity index (χ0n) is 2.02. The molecular formula is C5H27Cl2NO. The van der Waals surface area contributed by atoms with E-state index in [-0.39, 0.29) is 73.6 Å². The molecule has 9 heavy (non-hydrogen) atoms. The van der Waals surface area contributed by atoms with Crippen LogP contribution in [-0.2, 0) is 0 Å². The van der Waals surface area contributed by atoms with E-state index in [0.717, 1.165) is 0 Å². The van der Waals surface area contributed by atoms with Crippen LogP contribution in [0, 0.1) is 0 Å². The summed E-state index contributed by atoms with van der Waals surface area (Å²) < 4.78 is 0. The molecule has 4 heteroatoms. The van der Waals surface area contributed by atoms with Crippen molar-refractivity contribution in [2.75, 3.05) is 0 Å². The Hall–Kier alpha value is 0.500. The fraction of sp³-hybridized carbons (Fsp3) is 1.00. The van der Waals surface area contributed by atoms with Crippen LogP contribution in [-0.4, -0.2) is 5.48 Å². The molecule has 0 heterocycles. The van der Waals surface area contributed by atoms with Gasteiger partial charge in [-0.15, -0.1) is 24.8 Å². The first-order valence-electron chi connectivity index (χ1n) is 0. The highest BCUT2D eigenvalue weighted by molar-refractivity contribution is 5.85. The molecule has 72 valence electrons. The van der Waals surface area contributed by atoms with Crippen LogP contribution in [0.15, 0.2) is 0 Å². The van der Waals surface area contributed by atoms with E-state index in [4.69, 9.17) is 0 Å². The average Bonchev–Trinajstić information content (AvgIpc) is 0. The monoisotopic (exact) mass is 187 g/mol. The lowest BCUT2D eigenvalue weighted by molar-refractivity contribution is 0.824. The fourth-order valence-corrected chi connectivity index (χ4v) is 0. The molecule has 0 aliphatic rings. The van der Waals surface area contributed by atoms with E-state index in [1.54, 1.807) is 0 Å². The zero-order chi connectivity index (χ0) is 0. The van der Waals surface area contributed by atoms with Gasteiger partial charge >= 0.3 is 0 Å². The van der Waals surface area contributed by atoms with E-state index < -0.39 is 0 Å². The Morgan fingerprint density at radius 1 is 0.444 bits per heavy atom. The lowest BCUT2D eigenvalue weighted by Gasteiger charge is -0.412. The molecule has 0 amide bonds. The first-order chi connectivity index (χ1) is 0. The van der Waals surface area contributed by atoms with Crippen molar-refractivity contribution in [2.45, 2.75) is 37.1 Å². The topological polar surface area (TPSA) is 66.5 Å². The molecule has 0 unspecified atom stereocenters. The molecule has 0 aliphatic heterocycles. The van der Waals surface area contributed by atoms with Gasteiger partial charge in [-0.3, -0.25) is 0 Å². The second kappa shape index (κ2) is 1910. The minimum absolute atomic E-state index is 0. The molecule has 0 saturated carbocycles. The highest BCUT2D eigenvalue weighted by Gasteiger charge is -0.0734. The van der Waals surface area contributed by atoms with E-state index in [0.29, 0.717) is 0 Å². The largest absolute Gasteiger partial charge is 0.412 e. The molecule has 0 bridgehead atoms. The number of halogens is 2. The molecule has 0 rings (SSSR count). The van der Waals surface area contributed by atoms with Crippen molar-refractivity contribution in [1.29, 1.82) is 0 Å².